The molecule has 3 rings (SSSR count). The summed E-state index contributed by atoms with van der Waals surface area (Å²) in [7, 11) is 1.38. The van der Waals surface area contributed by atoms with E-state index in [1.165, 1.54) is 18.2 Å². The van der Waals surface area contributed by atoms with E-state index in [0.717, 1.165) is 17.8 Å². The number of rotatable bonds is 2. The third kappa shape index (κ3) is 1.93. The molecule has 0 fully saturated rings. The predicted molar refractivity (Wildman–Crippen MR) is 70.0 cm³/mol. The van der Waals surface area contributed by atoms with Gasteiger partial charge in [-0.1, -0.05) is 24.3 Å². The number of nitrogens with zero attached hydrogens (tertiary/aromatic N) is 1. The minimum absolute atomic E-state index is 0.354. The quantitative estimate of drug-likeness (QED) is 0.778. The highest BCUT2D eigenvalue weighted by Crippen LogP contribution is 2.35. The zero-order chi connectivity index (χ0) is 12.5. The molecule has 1 aliphatic rings. The second-order valence-electron chi connectivity index (χ2n) is 4.44. The molecule has 18 heavy (non-hydrogen) atoms. The van der Waals surface area contributed by atoms with Crippen LogP contribution in [0.15, 0.2) is 29.6 Å². The number of esters is 1. The van der Waals surface area contributed by atoms with Crippen molar-refractivity contribution in [3.63, 3.8) is 0 Å². The van der Waals surface area contributed by atoms with Gasteiger partial charge >= 0.3 is 5.97 Å². The lowest BCUT2D eigenvalue weighted by atomic mass is 10.1. The van der Waals surface area contributed by atoms with E-state index in [1.807, 2.05) is 0 Å². The van der Waals surface area contributed by atoms with Gasteiger partial charge in [-0.25, -0.2) is 9.78 Å². The predicted octanol–water partition coefficient (Wildman–Crippen LogP) is 2.81. The summed E-state index contributed by atoms with van der Waals surface area (Å²) in [5.41, 5.74) is 3.23. The summed E-state index contributed by atoms with van der Waals surface area (Å²) in [5, 5.41) is 2.82. The van der Waals surface area contributed by atoms with Crippen LogP contribution >= 0.6 is 11.3 Å². The Morgan fingerprint density at radius 2 is 2.00 bits per heavy atom. The zero-order valence-electron chi connectivity index (χ0n) is 10.1. The summed E-state index contributed by atoms with van der Waals surface area (Å²) in [6.45, 7) is 0. The number of fused-ring (bicyclic) bond motifs is 1. The molecular weight excluding hydrogens is 246 g/mol. The highest BCUT2D eigenvalue weighted by Gasteiger charge is 2.25. The van der Waals surface area contributed by atoms with Crippen molar-refractivity contribution in [1.82, 2.24) is 4.98 Å². The molecule has 4 heteroatoms. The number of hydrogen-bond donors (Lipinski definition) is 0. The van der Waals surface area contributed by atoms with Crippen LogP contribution < -0.4 is 0 Å². The van der Waals surface area contributed by atoms with Crippen molar-refractivity contribution in [2.24, 2.45) is 0 Å². The van der Waals surface area contributed by atoms with Gasteiger partial charge in [-0.2, -0.15) is 0 Å². The van der Waals surface area contributed by atoms with Crippen LogP contribution in [0, 0.1) is 0 Å². The molecule has 0 unspecified atom stereocenters. The Bertz CT molecular complexity index is 566. The number of benzene rings is 1. The molecule has 1 heterocycles. The molecule has 2 aromatic rings. The third-order valence-electron chi connectivity index (χ3n) is 3.32. The Morgan fingerprint density at radius 1 is 1.33 bits per heavy atom. The normalized spacial score (nSPS) is 14.5. The van der Waals surface area contributed by atoms with Crippen molar-refractivity contribution in [2.75, 3.05) is 7.11 Å². The summed E-state index contributed by atoms with van der Waals surface area (Å²) in [6, 6.07) is 8.49. The summed E-state index contributed by atoms with van der Waals surface area (Å²) in [4.78, 5) is 15.8. The summed E-state index contributed by atoms with van der Waals surface area (Å²) >= 11 is 1.55. The van der Waals surface area contributed by atoms with Crippen LogP contribution in [0.2, 0.25) is 0 Å². The largest absolute Gasteiger partial charge is 0.464 e. The lowest BCUT2D eigenvalue weighted by molar-refractivity contribution is 0.0594. The molecule has 0 saturated carbocycles. The number of carbonyl (C=O) groups is 1. The van der Waals surface area contributed by atoms with Gasteiger partial charge in [0.15, 0.2) is 5.69 Å². The lowest BCUT2D eigenvalue weighted by Crippen LogP contribution is -2.03. The van der Waals surface area contributed by atoms with Crippen LogP contribution in [0.4, 0.5) is 0 Å². The number of thiazole rings is 1. The molecule has 0 spiro atoms. The van der Waals surface area contributed by atoms with Gasteiger partial charge < -0.3 is 4.74 Å². The standard InChI is InChI=1S/C14H13NO2S/c1-17-14(16)12-8-18-13(15-12)11-6-9-4-2-3-5-10(9)7-11/h2-5,8,11H,6-7H2,1H3. The van der Waals surface area contributed by atoms with Crippen LogP contribution in [-0.2, 0) is 17.6 Å². The molecule has 0 amide bonds. The van der Waals surface area contributed by atoms with Gasteiger partial charge in [0.05, 0.1) is 12.1 Å². The Balaban J connectivity index is 1.82. The second kappa shape index (κ2) is 4.53. The lowest BCUT2D eigenvalue weighted by Gasteiger charge is -2.03. The molecule has 0 bridgehead atoms. The van der Waals surface area contributed by atoms with Gasteiger partial charge in [0, 0.05) is 11.3 Å². The SMILES string of the molecule is COC(=O)c1csc(C2Cc3ccccc3C2)n1. The maximum atomic E-state index is 11.4. The van der Waals surface area contributed by atoms with Crippen LogP contribution in [-0.4, -0.2) is 18.1 Å². The number of carbonyl (C=O) groups excluding carboxylic acids is 1. The Morgan fingerprint density at radius 3 is 2.61 bits per heavy atom. The van der Waals surface area contributed by atoms with E-state index in [-0.39, 0.29) is 5.97 Å². The van der Waals surface area contributed by atoms with E-state index >= 15 is 0 Å². The molecule has 0 N–H and O–H groups in total. The van der Waals surface area contributed by atoms with Gasteiger partial charge in [-0.3, -0.25) is 0 Å². The Labute approximate surface area is 109 Å². The Hall–Kier alpha value is -1.68. The Kier molecular flexibility index (Phi) is 2.88. The zero-order valence-corrected chi connectivity index (χ0v) is 10.9. The van der Waals surface area contributed by atoms with Crippen molar-refractivity contribution in [2.45, 2.75) is 18.8 Å². The number of methoxy groups -OCH3 is 1. The molecule has 0 saturated heterocycles. The summed E-state index contributed by atoms with van der Waals surface area (Å²) in [6.07, 6.45) is 2.04. The molecule has 0 radical (unpaired) electrons. The maximum Gasteiger partial charge on any atom is 0.357 e. The average Bonchev–Trinajstić information content (AvgIpc) is 3.03. The molecule has 0 aliphatic heterocycles. The first-order valence-electron chi connectivity index (χ1n) is 5.88. The van der Waals surface area contributed by atoms with E-state index in [4.69, 9.17) is 0 Å². The van der Waals surface area contributed by atoms with Crippen LogP contribution in [0.3, 0.4) is 0 Å². The fourth-order valence-electron chi connectivity index (χ4n) is 2.41. The van der Waals surface area contributed by atoms with Crippen LogP contribution in [0.25, 0.3) is 0 Å². The number of ether oxygens (including phenoxy) is 1. The topological polar surface area (TPSA) is 39.2 Å². The van der Waals surface area contributed by atoms with Gasteiger partial charge in [-0.05, 0) is 24.0 Å². The number of aromatic nitrogens is 1. The van der Waals surface area contributed by atoms with Crippen molar-refractivity contribution in [3.05, 3.63) is 51.5 Å². The highest BCUT2D eigenvalue weighted by molar-refractivity contribution is 7.09. The minimum Gasteiger partial charge on any atom is -0.464 e. The van der Waals surface area contributed by atoms with Crippen molar-refractivity contribution in [3.8, 4) is 0 Å². The van der Waals surface area contributed by atoms with E-state index < -0.39 is 0 Å². The van der Waals surface area contributed by atoms with Crippen molar-refractivity contribution >= 4 is 17.3 Å². The second-order valence-corrected chi connectivity index (χ2v) is 5.33. The van der Waals surface area contributed by atoms with Crippen LogP contribution in [0.5, 0.6) is 0 Å². The van der Waals surface area contributed by atoms with Crippen LogP contribution in [0.1, 0.15) is 32.5 Å². The third-order valence-corrected chi connectivity index (χ3v) is 4.32. The molecule has 3 nitrogen and oxygen atoms in total. The molecule has 1 aliphatic carbocycles. The highest BCUT2D eigenvalue weighted by atomic mass is 32.1. The van der Waals surface area contributed by atoms with E-state index in [2.05, 4.69) is 34.0 Å². The first-order valence-corrected chi connectivity index (χ1v) is 6.76. The average molecular weight is 259 g/mol. The number of hydrogen-bond acceptors (Lipinski definition) is 4. The summed E-state index contributed by atoms with van der Waals surface area (Å²) < 4.78 is 4.68. The van der Waals surface area contributed by atoms with Crippen molar-refractivity contribution < 1.29 is 9.53 Å². The first kappa shape index (κ1) is 11.4. The molecular formula is C14H13NO2S. The fourth-order valence-corrected chi connectivity index (χ4v) is 3.30. The van der Waals surface area contributed by atoms with E-state index in [0.29, 0.717) is 11.6 Å². The van der Waals surface area contributed by atoms with E-state index in [1.54, 1.807) is 16.7 Å². The summed E-state index contributed by atoms with van der Waals surface area (Å²) in [5.74, 6) is 0.0545. The van der Waals surface area contributed by atoms with Crippen molar-refractivity contribution in [1.29, 1.82) is 0 Å². The van der Waals surface area contributed by atoms with Gasteiger partial charge in [0.1, 0.15) is 0 Å². The maximum absolute atomic E-state index is 11.4. The first-order chi connectivity index (χ1) is 8.78. The van der Waals surface area contributed by atoms with Gasteiger partial charge in [0.2, 0.25) is 0 Å². The smallest absolute Gasteiger partial charge is 0.357 e. The van der Waals surface area contributed by atoms with Gasteiger partial charge in [0.25, 0.3) is 0 Å². The van der Waals surface area contributed by atoms with E-state index in [9.17, 15) is 4.79 Å². The molecule has 92 valence electrons. The van der Waals surface area contributed by atoms with Gasteiger partial charge in [-0.15, -0.1) is 11.3 Å². The monoisotopic (exact) mass is 259 g/mol. The fraction of sp³-hybridized carbons (Fsp3) is 0.286. The minimum atomic E-state index is -0.354. The molecule has 0 atom stereocenters. The molecule has 1 aromatic carbocycles. The molecule has 1 aromatic heterocycles.